The van der Waals surface area contributed by atoms with Crippen LogP contribution in [0.25, 0.3) is 0 Å². The van der Waals surface area contributed by atoms with E-state index in [-0.39, 0.29) is 24.2 Å². The van der Waals surface area contributed by atoms with Crippen LogP contribution in [0, 0.1) is 11.7 Å². The van der Waals surface area contributed by atoms with E-state index in [2.05, 4.69) is 0 Å². The Labute approximate surface area is 111 Å². The van der Waals surface area contributed by atoms with Gasteiger partial charge in [-0.05, 0) is 43.4 Å². The molecule has 0 aliphatic heterocycles. The maximum Gasteiger partial charge on any atom is 0.140 e. The van der Waals surface area contributed by atoms with Crippen molar-refractivity contribution >= 4 is 17.4 Å². The van der Waals surface area contributed by atoms with Gasteiger partial charge in [0.05, 0.1) is 0 Å². The summed E-state index contributed by atoms with van der Waals surface area (Å²) in [5.41, 5.74) is 6.23. The molecule has 0 atom stereocenters. The molecule has 0 saturated heterocycles. The highest BCUT2D eigenvalue weighted by atomic mass is 35.5. The molecule has 4 heteroatoms. The van der Waals surface area contributed by atoms with Crippen LogP contribution in [-0.4, -0.2) is 11.8 Å². The summed E-state index contributed by atoms with van der Waals surface area (Å²) in [7, 11) is 0. The van der Waals surface area contributed by atoms with Crippen molar-refractivity contribution in [1.29, 1.82) is 0 Å². The van der Waals surface area contributed by atoms with Crippen molar-refractivity contribution in [3.8, 4) is 0 Å². The Morgan fingerprint density at radius 1 is 1.33 bits per heavy atom. The van der Waals surface area contributed by atoms with Crippen molar-refractivity contribution in [1.82, 2.24) is 0 Å². The zero-order valence-electron chi connectivity index (χ0n) is 10.2. The summed E-state index contributed by atoms with van der Waals surface area (Å²) in [5.74, 6) is -0.244. The molecule has 0 heterocycles. The number of halogens is 2. The molecule has 1 saturated carbocycles. The van der Waals surface area contributed by atoms with Gasteiger partial charge in [0.2, 0.25) is 0 Å². The predicted octanol–water partition coefficient (Wildman–Crippen LogP) is 3.11. The minimum atomic E-state index is -0.400. The lowest BCUT2D eigenvalue weighted by atomic mass is 9.82. The molecular formula is C14H17ClFNO. The van der Waals surface area contributed by atoms with Crippen LogP contribution in [0.15, 0.2) is 18.2 Å². The molecule has 1 fully saturated rings. The van der Waals surface area contributed by atoms with Gasteiger partial charge in [0.1, 0.15) is 11.6 Å². The quantitative estimate of drug-likeness (QED) is 0.916. The maximum absolute atomic E-state index is 13.6. The summed E-state index contributed by atoms with van der Waals surface area (Å²) in [4.78, 5) is 12.1. The van der Waals surface area contributed by atoms with Gasteiger partial charge in [-0.25, -0.2) is 4.39 Å². The highest BCUT2D eigenvalue weighted by Crippen LogP contribution is 2.26. The van der Waals surface area contributed by atoms with Gasteiger partial charge in [-0.2, -0.15) is 0 Å². The van der Waals surface area contributed by atoms with Gasteiger partial charge in [0.25, 0.3) is 0 Å². The summed E-state index contributed by atoms with van der Waals surface area (Å²) >= 11 is 5.68. The Hall–Kier alpha value is -0.930. The van der Waals surface area contributed by atoms with Gasteiger partial charge in [0, 0.05) is 23.4 Å². The van der Waals surface area contributed by atoms with Gasteiger partial charge in [-0.1, -0.05) is 17.7 Å². The van der Waals surface area contributed by atoms with Gasteiger partial charge in [-0.3, -0.25) is 4.79 Å². The predicted molar refractivity (Wildman–Crippen MR) is 70.1 cm³/mol. The van der Waals surface area contributed by atoms with E-state index in [0.717, 1.165) is 25.7 Å². The van der Waals surface area contributed by atoms with Crippen molar-refractivity contribution in [3.63, 3.8) is 0 Å². The topological polar surface area (TPSA) is 43.1 Å². The number of rotatable bonds is 3. The number of hydrogen-bond donors (Lipinski definition) is 1. The smallest absolute Gasteiger partial charge is 0.140 e. The van der Waals surface area contributed by atoms with Crippen molar-refractivity contribution in [3.05, 3.63) is 34.6 Å². The largest absolute Gasteiger partial charge is 0.328 e. The second kappa shape index (κ2) is 5.81. The van der Waals surface area contributed by atoms with E-state index in [0.29, 0.717) is 10.6 Å². The fourth-order valence-electron chi connectivity index (χ4n) is 2.44. The molecule has 98 valence electrons. The molecule has 2 N–H and O–H groups in total. The number of ketones is 1. The second-order valence-electron chi connectivity index (χ2n) is 4.99. The van der Waals surface area contributed by atoms with Crippen LogP contribution in [0.3, 0.4) is 0 Å². The van der Waals surface area contributed by atoms with Gasteiger partial charge in [-0.15, -0.1) is 0 Å². The summed E-state index contributed by atoms with van der Waals surface area (Å²) in [6, 6.07) is 4.68. The first kappa shape index (κ1) is 13.5. The number of carbonyl (C=O) groups excluding carboxylic acids is 1. The van der Waals surface area contributed by atoms with Crippen LogP contribution < -0.4 is 5.73 Å². The normalized spacial score (nSPS) is 23.9. The third-order valence-corrected chi connectivity index (χ3v) is 3.84. The summed E-state index contributed by atoms with van der Waals surface area (Å²) in [6.45, 7) is 0. The van der Waals surface area contributed by atoms with Gasteiger partial charge in [0.15, 0.2) is 0 Å². The number of benzene rings is 1. The Kier molecular flexibility index (Phi) is 4.36. The van der Waals surface area contributed by atoms with Crippen molar-refractivity contribution in [2.75, 3.05) is 0 Å². The van der Waals surface area contributed by atoms with E-state index < -0.39 is 5.82 Å². The highest BCUT2D eigenvalue weighted by Gasteiger charge is 2.24. The van der Waals surface area contributed by atoms with E-state index >= 15 is 0 Å². The summed E-state index contributed by atoms with van der Waals surface area (Å²) in [5, 5.41) is 0.354. The number of hydrogen-bond acceptors (Lipinski definition) is 2. The SMILES string of the molecule is NC1CCC(C(=O)Cc2ccc(Cl)cc2F)CC1. The fraction of sp³-hybridized carbons (Fsp3) is 0.500. The zero-order chi connectivity index (χ0) is 13.1. The van der Waals surface area contributed by atoms with E-state index in [1.165, 1.54) is 6.07 Å². The molecule has 1 aliphatic carbocycles. The molecule has 2 nitrogen and oxygen atoms in total. The van der Waals surface area contributed by atoms with Crippen LogP contribution in [0.1, 0.15) is 31.2 Å². The molecule has 0 spiro atoms. The molecule has 1 aliphatic rings. The molecule has 0 unspecified atom stereocenters. The molecule has 1 aromatic carbocycles. The second-order valence-corrected chi connectivity index (χ2v) is 5.43. The molecule has 0 amide bonds. The van der Waals surface area contributed by atoms with Crippen molar-refractivity contribution in [2.24, 2.45) is 11.7 Å². The summed E-state index contributed by atoms with van der Waals surface area (Å²) in [6.07, 6.45) is 3.59. The number of carbonyl (C=O) groups is 1. The average molecular weight is 270 g/mol. The van der Waals surface area contributed by atoms with Crippen LogP contribution in [0.2, 0.25) is 5.02 Å². The Morgan fingerprint density at radius 3 is 2.61 bits per heavy atom. The molecule has 0 radical (unpaired) electrons. The van der Waals surface area contributed by atoms with Gasteiger partial charge >= 0.3 is 0 Å². The zero-order valence-corrected chi connectivity index (χ0v) is 10.9. The molecular weight excluding hydrogens is 253 g/mol. The molecule has 0 bridgehead atoms. The van der Waals surface area contributed by atoms with Crippen LogP contribution in [0.5, 0.6) is 0 Å². The Bertz CT molecular complexity index is 441. The lowest BCUT2D eigenvalue weighted by molar-refractivity contribution is -0.123. The molecule has 1 aromatic rings. The lowest BCUT2D eigenvalue weighted by Crippen LogP contribution is -2.30. The molecule has 2 rings (SSSR count). The monoisotopic (exact) mass is 269 g/mol. The standard InChI is InChI=1S/C14H17ClFNO/c15-11-4-1-10(13(16)8-11)7-14(18)9-2-5-12(17)6-3-9/h1,4,8-9,12H,2-3,5-7,17H2. The minimum absolute atomic E-state index is 0.0416. The van der Waals surface area contributed by atoms with Crippen LogP contribution >= 0.6 is 11.6 Å². The Balaban J connectivity index is 1.98. The van der Waals surface area contributed by atoms with E-state index in [9.17, 15) is 9.18 Å². The average Bonchev–Trinajstić information content (AvgIpc) is 2.33. The van der Waals surface area contributed by atoms with Crippen molar-refractivity contribution < 1.29 is 9.18 Å². The van der Waals surface area contributed by atoms with Crippen molar-refractivity contribution in [2.45, 2.75) is 38.1 Å². The molecule has 18 heavy (non-hydrogen) atoms. The third-order valence-electron chi connectivity index (χ3n) is 3.61. The fourth-order valence-corrected chi connectivity index (χ4v) is 2.60. The minimum Gasteiger partial charge on any atom is -0.328 e. The Morgan fingerprint density at radius 2 is 2.00 bits per heavy atom. The first-order valence-corrected chi connectivity index (χ1v) is 6.66. The summed E-state index contributed by atoms with van der Waals surface area (Å²) < 4.78 is 13.6. The maximum atomic E-state index is 13.6. The first-order valence-electron chi connectivity index (χ1n) is 6.28. The van der Waals surface area contributed by atoms with Crippen LogP contribution in [0.4, 0.5) is 4.39 Å². The highest BCUT2D eigenvalue weighted by molar-refractivity contribution is 6.30. The molecule has 0 aromatic heterocycles. The van der Waals surface area contributed by atoms with E-state index in [1.54, 1.807) is 12.1 Å². The number of nitrogens with two attached hydrogens (primary N) is 1. The van der Waals surface area contributed by atoms with Crippen LogP contribution in [-0.2, 0) is 11.2 Å². The number of Topliss-reactive ketones (excluding diaryl/α,β-unsaturated/α-hetero) is 1. The lowest BCUT2D eigenvalue weighted by Gasteiger charge is -2.25. The van der Waals surface area contributed by atoms with E-state index in [1.807, 2.05) is 0 Å². The first-order chi connectivity index (χ1) is 8.56. The van der Waals surface area contributed by atoms with E-state index in [4.69, 9.17) is 17.3 Å². The van der Waals surface area contributed by atoms with Gasteiger partial charge < -0.3 is 5.73 Å². The third kappa shape index (κ3) is 3.30.